The number of aryl methyl sites for hydroxylation is 1. The van der Waals surface area contributed by atoms with Crippen molar-refractivity contribution in [2.75, 3.05) is 0 Å². The Hall–Kier alpha value is -1.47. The predicted octanol–water partition coefficient (Wildman–Crippen LogP) is 0.646. The number of nitrogens with zero attached hydrogens (tertiary/aromatic N) is 5. The van der Waals surface area contributed by atoms with Crippen LogP contribution in [-0.4, -0.2) is 30.8 Å². The molecule has 0 bridgehead atoms. The van der Waals surface area contributed by atoms with Crippen LogP contribution in [0.5, 0.6) is 0 Å². The first kappa shape index (κ1) is 12.0. The normalized spacial score (nSPS) is 12.6. The van der Waals surface area contributed by atoms with Gasteiger partial charge in [0, 0.05) is 25.5 Å². The van der Waals surface area contributed by atoms with Crippen molar-refractivity contribution in [3.05, 3.63) is 24.3 Å². The Morgan fingerprint density at radius 2 is 2.12 bits per heavy atom. The molecule has 0 saturated heterocycles. The standard InChI is InChI=1S/C10H14N6S/c1-7(11)3-8-4-12-9(13-5-8)17-10-15-14-6-16(10)2/h4-7H,3,11H2,1-2H3. The predicted molar refractivity (Wildman–Crippen MR) is 64.5 cm³/mol. The average molecular weight is 250 g/mol. The molecule has 7 heteroatoms. The lowest BCUT2D eigenvalue weighted by Gasteiger charge is -2.04. The van der Waals surface area contributed by atoms with Gasteiger partial charge in [-0.2, -0.15) is 0 Å². The van der Waals surface area contributed by atoms with E-state index in [2.05, 4.69) is 20.2 Å². The lowest BCUT2D eigenvalue weighted by molar-refractivity contribution is 0.726. The summed E-state index contributed by atoms with van der Waals surface area (Å²) in [6, 6.07) is 0.121. The quantitative estimate of drug-likeness (QED) is 0.802. The highest BCUT2D eigenvalue weighted by molar-refractivity contribution is 7.99. The highest BCUT2D eigenvalue weighted by Crippen LogP contribution is 2.20. The minimum absolute atomic E-state index is 0.121. The second-order valence-electron chi connectivity index (χ2n) is 3.88. The Labute approximate surface area is 104 Å². The van der Waals surface area contributed by atoms with Gasteiger partial charge < -0.3 is 10.3 Å². The number of rotatable bonds is 4. The van der Waals surface area contributed by atoms with Gasteiger partial charge in [-0.15, -0.1) is 10.2 Å². The summed E-state index contributed by atoms with van der Waals surface area (Å²) in [7, 11) is 1.88. The Bertz CT molecular complexity index is 478. The zero-order valence-electron chi connectivity index (χ0n) is 9.74. The largest absolute Gasteiger partial charge is 0.328 e. The number of nitrogens with two attached hydrogens (primary N) is 1. The first-order valence-corrected chi connectivity index (χ1v) is 6.05. The molecule has 1 atom stereocenters. The van der Waals surface area contributed by atoms with Crippen LogP contribution in [0.2, 0.25) is 0 Å². The molecular formula is C10H14N6S. The van der Waals surface area contributed by atoms with Crippen LogP contribution in [0, 0.1) is 0 Å². The Kier molecular flexibility index (Phi) is 3.70. The molecule has 0 aliphatic heterocycles. The van der Waals surface area contributed by atoms with Crippen molar-refractivity contribution >= 4 is 11.8 Å². The van der Waals surface area contributed by atoms with Crippen molar-refractivity contribution in [3.8, 4) is 0 Å². The second kappa shape index (κ2) is 5.24. The van der Waals surface area contributed by atoms with Gasteiger partial charge in [0.25, 0.3) is 0 Å². The molecule has 17 heavy (non-hydrogen) atoms. The molecule has 2 N–H and O–H groups in total. The van der Waals surface area contributed by atoms with E-state index < -0.39 is 0 Å². The van der Waals surface area contributed by atoms with Crippen molar-refractivity contribution in [2.24, 2.45) is 12.8 Å². The van der Waals surface area contributed by atoms with Gasteiger partial charge in [0.2, 0.25) is 0 Å². The van der Waals surface area contributed by atoms with Crippen LogP contribution in [-0.2, 0) is 13.5 Å². The summed E-state index contributed by atoms with van der Waals surface area (Å²) in [5.41, 5.74) is 6.75. The highest BCUT2D eigenvalue weighted by Gasteiger charge is 2.06. The molecule has 0 amide bonds. The van der Waals surface area contributed by atoms with Crippen LogP contribution in [0.15, 0.2) is 29.0 Å². The van der Waals surface area contributed by atoms with Gasteiger partial charge in [-0.1, -0.05) is 0 Å². The third-order valence-electron chi connectivity index (χ3n) is 2.09. The summed E-state index contributed by atoms with van der Waals surface area (Å²) >= 11 is 1.38. The van der Waals surface area contributed by atoms with Crippen molar-refractivity contribution < 1.29 is 0 Å². The molecule has 0 aromatic carbocycles. The Morgan fingerprint density at radius 1 is 1.41 bits per heavy atom. The third-order valence-corrected chi connectivity index (χ3v) is 3.04. The topological polar surface area (TPSA) is 82.5 Å². The zero-order valence-corrected chi connectivity index (χ0v) is 10.6. The number of hydrogen-bond acceptors (Lipinski definition) is 6. The average Bonchev–Trinajstić information content (AvgIpc) is 2.67. The fourth-order valence-corrected chi connectivity index (χ4v) is 1.97. The third kappa shape index (κ3) is 3.24. The van der Waals surface area contributed by atoms with Crippen molar-refractivity contribution in [1.29, 1.82) is 0 Å². The molecule has 0 aliphatic carbocycles. The lowest BCUT2D eigenvalue weighted by Crippen LogP contribution is -2.18. The summed E-state index contributed by atoms with van der Waals surface area (Å²) in [5.74, 6) is 0. The van der Waals surface area contributed by atoms with E-state index in [1.54, 1.807) is 18.7 Å². The first-order valence-electron chi connectivity index (χ1n) is 5.23. The maximum Gasteiger partial charge on any atom is 0.198 e. The molecule has 90 valence electrons. The minimum atomic E-state index is 0.121. The summed E-state index contributed by atoms with van der Waals surface area (Å²) in [6.07, 6.45) is 6.03. The van der Waals surface area contributed by atoms with E-state index in [0.717, 1.165) is 17.1 Å². The fourth-order valence-electron chi connectivity index (χ4n) is 1.32. The van der Waals surface area contributed by atoms with Gasteiger partial charge >= 0.3 is 0 Å². The molecule has 2 aromatic rings. The van der Waals surface area contributed by atoms with Crippen LogP contribution in [0.4, 0.5) is 0 Å². The molecule has 6 nitrogen and oxygen atoms in total. The molecular weight excluding hydrogens is 236 g/mol. The molecule has 2 heterocycles. The summed E-state index contributed by atoms with van der Waals surface area (Å²) in [6.45, 7) is 1.96. The van der Waals surface area contributed by atoms with E-state index >= 15 is 0 Å². The molecule has 0 aliphatic rings. The van der Waals surface area contributed by atoms with Crippen LogP contribution in [0.1, 0.15) is 12.5 Å². The van der Waals surface area contributed by atoms with E-state index in [1.165, 1.54) is 11.8 Å². The van der Waals surface area contributed by atoms with E-state index in [9.17, 15) is 0 Å². The molecule has 2 aromatic heterocycles. The SMILES string of the molecule is CC(N)Cc1cnc(Sc2nncn2C)nc1. The molecule has 0 radical (unpaired) electrons. The van der Waals surface area contributed by atoms with Gasteiger partial charge in [0.05, 0.1) is 0 Å². The number of hydrogen-bond donors (Lipinski definition) is 1. The van der Waals surface area contributed by atoms with E-state index in [-0.39, 0.29) is 6.04 Å². The van der Waals surface area contributed by atoms with Crippen LogP contribution in [0.25, 0.3) is 0 Å². The van der Waals surface area contributed by atoms with Crippen LogP contribution < -0.4 is 5.73 Å². The van der Waals surface area contributed by atoms with Gasteiger partial charge in [0.1, 0.15) is 6.33 Å². The summed E-state index contributed by atoms with van der Waals surface area (Å²) < 4.78 is 1.82. The maximum atomic E-state index is 5.71. The van der Waals surface area contributed by atoms with E-state index in [0.29, 0.717) is 5.16 Å². The molecule has 0 fully saturated rings. The van der Waals surface area contributed by atoms with Gasteiger partial charge in [-0.3, -0.25) is 0 Å². The molecule has 2 rings (SSSR count). The Balaban J connectivity index is 2.06. The van der Waals surface area contributed by atoms with Crippen molar-refractivity contribution in [1.82, 2.24) is 24.7 Å². The van der Waals surface area contributed by atoms with Crippen LogP contribution in [0.3, 0.4) is 0 Å². The fraction of sp³-hybridized carbons (Fsp3) is 0.400. The smallest absolute Gasteiger partial charge is 0.198 e. The second-order valence-corrected chi connectivity index (χ2v) is 4.82. The van der Waals surface area contributed by atoms with Crippen molar-refractivity contribution in [2.45, 2.75) is 29.7 Å². The van der Waals surface area contributed by atoms with Gasteiger partial charge in [-0.05, 0) is 30.7 Å². The van der Waals surface area contributed by atoms with Gasteiger partial charge in [0.15, 0.2) is 10.3 Å². The monoisotopic (exact) mass is 250 g/mol. The maximum absolute atomic E-state index is 5.71. The summed E-state index contributed by atoms with van der Waals surface area (Å²) in [4.78, 5) is 8.53. The zero-order chi connectivity index (χ0) is 12.3. The van der Waals surface area contributed by atoms with E-state index in [4.69, 9.17) is 5.73 Å². The highest BCUT2D eigenvalue weighted by atomic mass is 32.2. The minimum Gasteiger partial charge on any atom is -0.328 e. The van der Waals surface area contributed by atoms with E-state index in [1.807, 2.05) is 18.5 Å². The van der Waals surface area contributed by atoms with Crippen molar-refractivity contribution in [3.63, 3.8) is 0 Å². The van der Waals surface area contributed by atoms with Gasteiger partial charge in [-0.25, -0.2) is 9.97 Å². The Morgan fingerprint density at radius 3 is 2.65 bits per heavy atom. The summed E-state index contributed by atoms with van der Waals surface area (Å²) in [5, 5.41) is 9.18. The molecule has 0 spiro atoms. The van der Waals surface area contributed by atoms with Crippen LogP contribution >= 0.6 is 11.8 Å². The number of aromatic nitrogens is 5. The molecule has 1 unspecified atom stereocenters. The molecule has 0 saturated carbocycles. The lowest BCUT2D eigenvalue weighted by atomic mass is 10.1. The first-order chi connectivity index (χ1) is 8.15.